The van der Waals surface area contributed by atoms with Gasteiger partial charge in [0.1, 0.15) is 0 Å². The Morgan fingerprint density at radius 3 is 2.08 bits per heavy atom. The van der Waals surface area contributed by atoms with Crippen LogP contribution in [-0.2, 0) is 0 Å². The van der Waals surface area contributed by atoms with E-state index in [1.165, 1.54) is 6.42 Å². The van der Waals surface area contributed by atoms with Crippen molar-refractivity contribution in [3.63, 3.8) is 0 Å². The fourth-order valence-corrected chi connectivity index (χ4v) is 3.87. The zero-order valence-corrected chi connectivity index (χ0v) is 7.53. The first-order valence-corrected chi connectivity index (χ1v) is 5.16. The van der Waals surface area contributed by atoms with Crippen molar-refractivity contribution in [1.82, 2.24) is 5.32 Å². The van der Waals surface area contributed by atoms with Crippen LogP contribution in [0.1, 0.15) is 19.3 Å². The van der Waals surface area contributed by atoms with Crippen LogP contribution in [0.5, 0.6) is 0 Å². The van der Waals surface area contributed by atoms with Crippen LogP contribution in [0.15, 0.2) is 0 Å². The summed E-state index contributed by atoms with van der Waals surface area (Å²) < 4.78 is 0. The van der Waals surface area contributed by atoms with Crippen molar-refractivity contribution in [2.75, 3.05) is 7.05 Å². The van der Waals surface area contributed by atoms with Crippen molar-refractivity contribution in [3.8, 4) is 0 Å². The van der Waals surface area contributed by atoms with E-state index in [-0.39, 0.29) is 6.10 Å². The molecule has 0 aromatic heterocycles. The molecule has 2 heteroatoms. The first-order chi connectivity index (χ1) is 5.81. The predicted octanol–water partition coefficient (Wildman–Crippen LogP) is 0.611. The number of fused-ring (bicyclic) bond motifs is 5. The maximum absolute atomic E-state index is 9.61. The fourth-order valence-electron chi connectivity index (χ4n) is 3.87. The van der Waals surface area contributed by atoms with Crippen LogP contribution in [0.3, 0.4) is 0 Å². The second-order valence-electron chi connectivity index (χ2n) is 4.83. The second-order valence-corrected chi connectivity index (χ2v) is 4.83. The number of aliphatic hydroxyl groups excluding tert-OH is 1. The molecule has 0 aromatic rings. The van der Waals surface area contributed by atoms with E-state index in [1.807, 2.05) is 0 Å². The quantitative estimate of drug-likeness (QED) is 0.600. The van der Waals surface area contributed by atoms with E-state index in [0.717, 1.165) is 42.6 Å². The highest BCUT2D eigenvalue weighted by Crippen LogP contribution is 2.63. The van der Waals surface area contributed by atoms with Crippen molar-refractivity contribution in [1.29, 1.82) is 0 Å². The lowest BCUT2D eigenvalue weighted by molar-refractivity contribution is 0.0614. The molecule has 4 unspecified atom stereocenters. The molecule has 6 atom stereocenters. The van der Waals surface area contributed by atoms with Gasteiger partial charge in [0, 0.05) is 6.04 Å². The van der Waals surface area contributed by atoms with E-state index in [2.05, 4.69) is 12.4 Å². The van der Waals surface area contributed by atoms with Gasteiger partial charge in [-0.3, -0.25) is 0 Å². The van der Waals surface area contributed by atoms with Gasteiger partial charge in [-0.05, 0) is 50.0 Å². The summed E-state index contributed by atoms with van der Waals surface area (Å²) in [6.45, 7) is 0. The fraction of sp³-hybridized carbons (Fsp3) is 1.00. The van der Waals surface area contributed by atoms with Gasteiger partial charge in [0.2, 0.25) is 0 Å². The molecule has 0 spiro atoms. The van der Waals surface area contributed by atoms with Gasteiger partial charge >= 0.3 is 0 Å². The molecule has 3 fully saturated rings. The molecule has 68 valence electrons. The summed E-state index contributed by atoms with van der Waals surface area (Å²) in [5, 5.41) is 13.1. The van der Waals surface area contributed by atoms with Crippen molar-refractivity contribution in [2.24, 2.45) is 23.7 Å². The van der Waals surface area contributed by atoms with Gasteiger partial charge in [-0.1, -0.05) is 0 Å². The molecule has 0 radical (unpaired) electrons. The van der Waals surface area contributed by atoms with Crippen molar-refractivity contribution < 1.29 is 5.11 Å². The summed E-state index contributed by atoms with van der Waals surface area (Å²) in [5.74, 6) is 3.55. The van der Waals surface area contributed by atoms with Gasteiger partial charge in [-0.15, -0.1) is 0 Å². The number of hydrogen-bond donors (Lipinski definition) is 2. The third-order valence-electron chi connectivity index (χ3n) is 4.34. The first-order valence-electron chi connectivity index (χ1n) is 5.16. The van der Waals surface area contributed by atoms with Crippen molar-refractivity contribution in [3.05, 3.63) is 0 Å². The summed E-state index contributed by atoms with van der Waals surface area (Å²) in [6, 6.07) is 0.733. The highest BCUT2D eigenvalue weighted by Gasteiger charge is 2.61. The van der Waals surface area contributed by atoms with Gasteiger partial charge in [-0.2, -0.15) is 0 Å². The molecule has 0 amide bonds. The molecular formula is C10H17NO. The second kappa shape index (κ2) is 2.24. The lowest BCUT2D eigenvalue weighted by Crippen LogP contribution is -2.44. The monoisotopic (exact) mass is 167 g/mol. The first kappa shape index (κ1) is 7.34. The van der Waals surface area contributed by atoms with E-state index < -0.39 is 0 Å². The molecule has 2 bridgehead atoms. The molecular weight excluding hydrogens is 150 g/mol. The molecule has 0 aromatic carbocycles. The van der Waals surface area contributed by atoms with Crippen LogP contribution in [0, 0.1) is 23.7 Å². The average molecular weight is 167 g/mol. The van der Waals surface area contributed by atoms with E-state index in [0.29, 0.717) is 0 Å². The van der Waals surface area contributed by atoms with Crippen LogP contribution < -0.4 is 5.32 Å². The highest BCUT2D eigenvalue weighted by molar-refractivity contribution is 5.12. The molecule has 2 N–H and O–H groups in total. The Bertz CT molecular complexity index is 188. The molecule has 0 saturated heterocycles. The lowest BCUT2D eigenvalue weighted by Gasteiger charge is -2.35. The van der Waals surface area contributed by atoms with E-state index in [9.17, 15) is 5.11 Å². The number of hydrogen-bond acceptors (Lipinski definition) is 2. The lowest BCUT2D eigenvalue weighted by atomic mass is 9.78. The van der Waals surface area contributed by atoms with Crippen LogP contribution >= 0.6 is 0 Å². The van der Waals surface area contributed by atoms with Gasteiger partial charge in [0.05, 0.1) is 6.10 Å². The number of rotatable bonds is 1. The van der Waals surface area contributed by atoms with Gasteiger partial charge in [-0.25, -0.2) is 0 Å². The zero-order valence-electron chi connectivity index (χ0n) is 7.53. The third kappa shape index (κ3) is 0.775. The van der Waals surface area contributed by atoms with Crippen LogP contribution in [0.2, 0.25) is 0 Å². The zero-order chi connectivity index (χ0) is 8.29. The van der Waals surface area contributed by atoms with Gasteiger partial charge in [0.25, 0.3) is 0 Å². The Morgan fingerprint density at radius 2 is 1.58 bits per heavy atom. The largest absolute Gasteiger partial charge is 0.393 e. The van der Waals surface area contributed by atoms with Crippen LogP contribution in [0.4, 0.5) is 0 Å². The summed E-state index contributed by atoms with van der Waals surface area (Å²) in [4.78, 5) is 0. The molecule has 3 aliphatic carbocycles. The SMILES string of the molecule is CNC1C2CC(O)CC1[C@@H]1C[C@H]21. The van der Waals surface area contributed by atoms with E-state index in [1.54, 1.807) is 0 Å². The maximum Gasteiger partial charge on any atom is 0.0547 e. The Kier molecular flexibility index (Phi) is 1.37. The minimum Gasteiger partial charge on any atom is -0.393 e. The Balaban J connectivity index is 1.86. The van der Waals surface area contributed by atoms with E-state index >= 15 is 0 Å². The Labute approximate surface area is 73.4 Å². The molecule has 0 aliphatic heterocycles. The van der Waals surface area contributed by atoms with Crippen molar-refractivity contribution in [2.45, 2.75) is 31.4 Å². The van der Waals surface area contributed by atoms with Crippen LogP contribution in [-0.4, -0.2) is 24.3 Å². The third-order valence-corrected chi connectivity index (χ3v) is 4.34. The molecule has 2 nitrogen and oxygen atoms in total. The normalized spacial score (nSPS) is 61.5. The Morgan fingerprint density at radius 1 is 1.00 bits per heavy atom. The summed E-state index contributed by atoms with van der Waals surface area (Å²) in [7, 11) is 2.08. The topological polar surface area (TPSA) is 32.3 Å². The van der Waals surface area contributed by atoms with Crippen molar-refractivity contribution >= 4 is 0 Å². The Hall–Kier alpha value is -0.0800. The molecule has 3 saturated carbocycles. The van der Waals surface area contributed by atoms with Gasteiger partial charge < -0.3 is 10.4 Å². The minimum absolute atomic E-state index is 0.0115. The maximum atomic E-state index is 9.61. The predicted molar refractivity (Wildman–Crippen MR) is 46.7 cm³/mol. The average Bonchev–Trinajstić information content (AvgIpc) is 2.77. The highest BCUT2D eigenvalue weighted by atomic mass is 16.3. The summed E-state index contributed by atoms with van der Waals surface area (Å²) in [6.07, 6.45) is 3.59. The molecule has 12 heavy (non-hydrogen) atoms. The van der Waals surface area contributed by atoms with Crippen LogP contribution in [0.25, 0.3) is 0 Å². The summed E-state index contributed by atoms with van der Waals surface area (Å²) in [5.41, 5.74) is 0. The standard InChI is InChI=1S/C10H17NO/c1-11-10-8-2-5(12)3-9(10)7-4-6(7)8/h5-12H,2-4H2,1H3/t5?,6-,7+,8?,9?,10?. The van der Waals surface area contributed by atoms with E-state index in [4.69, 9.17) is 0 Å². The molecule has 3 rings (SSSR count). The number of aliphatic hydroxyl groups is 1. The number of nitrogens with one attached hydrogen (secondary N) is 1. The van der Waals surface area contributed by atoms with Gasteiger partial charge in [0.15, 0.2) is 0 Å². The molecule has 3 aliphatic rings. The summed E-state index contributed by atoms with van der Waals surface area (Å²) >= 11 is 0. The smallest absolute Gasteiger partial charge is 0.0547 e. The molecule has 0 heterocycles. The minimum atomic E-state index is 0.0115.